The third-order valence-corrected chi connectivity index (χ3v) is 4.14. The molecule has 0 aliphatic rings. The monoisotopic (exact) mass is 475 g/mol. The summed E-state index contributed by atoms with van der Waals surface area (Å²) in [6.45, 7) is -0.881. The predicted molar refractivity (Wildman–Crippen MR) is 121 cm³/mol. The van der Waals surface area contributed by atoms with E-state index in [0.29, 0.717) is 13.0 Å². The van der Waals surface area contributed by atoms with Gasteiger partial charge in [-0.2, -0.15) is 0 Å². The highest BCUT2D eigenvalue weighted by molar-refractivity contribution is 5.92. The van der Waals surface area contributed by atoms with Crippen molar-refractivity contribution >= 4 is 29.7 Å². The normalized spacial score (nSPS) is 10.7. The van der Waals surface area contributed by atoms with Crippen molar-refractivity contribution in [3.05, 3.63) is 35.9 Å². The molecule has 0 saturated heterocycles. The van der Waals surface area contributed by atoms with Crippen molar-refractivity contribution < 1.29 is 33.4 Å². The molecule has 0 unspecified atom stereocenters. The van der Waals surface area contributed by atoms with Crippen molar-refractivity contribution in [1.82, 2.24) is 26.6 Å². The summed E-state index contributed by atoms with van der Waals surface area (Å²) in [6.07, 6.45) is 4.88. The standard InChI is InChI=1S/C22H29N5O7/c1-3-4-10-34-15-26-19(29)12-24-21(31)17(11-16-8-6-5-7-9-16)27-20(30)14-23-18(28)13-25-22(32)33-2/h1,5-9,17H,4,10-15H2,2H3,(H,23,28)(H,24,31)(H,25,32)(H,26,29)(H,27,30)/t17-/m0/s1. The lowest BCUT2D eigenvalue weighted by Crippen LogP contribution is -2.52. The Bertz CT molecular complexity index is 870. The van der Waals surface area contributed by atoms with Crippen molar-refractivity contribution in [3.63, 3.8) is 0 Å². The van der Waals surface area contributed by atoms with E-state index in [1.807, 2.05) is 6.07 Å². The lowest BCUT2D eigenvalue weighted by atomic mass is 10.1. The number of hydrogen-bond acceptors (Lipinski definition) is 7. The van der Waals surface area contributed by atoms with Crippen LogP contribution in [0.25, 0.3) is 0 Å². The number of carbonyl (C=O) groups excluding carboxylic acids is 5. The Morgan fingerprint density at radius 1 is 0.912 bits per heavy atom. The van der Waals surface area contributed by atoms with E-state index < -0.39 is 42.3 Å². The van der Waals surface area contributed by atoms with Crippen LogP contribution in [0.5, 0.6) is 0 Å². The number of terminal acetylenes is 1. The number of alkyl carbamates (subject to hydrolysis) is 1. The van der Waals surface area contributed by atoms with Crippen molar-refractivity contribution in [2.45, 2.75) is 18.9 Å². The first-order chi connectivity index (χ1) is 16.3. The van der Waals surface area contributed by atoms with Gasteiger partial charge in [0.05, 0.1) is 26.8 Å². The Morgan fingerprint density at radius 2 is 1.56 bits per heavy atom. The minimum atomic E-state index is -1.00. The number of carbonyl (C=O) groups is 5. The molecule has 1 aromatic carbocycles. The smallest absolute Gasteiger partial charge is 0.407 e. The molecule has 5 N–H and O–H groups in total. The summed E-state index contributed by atoms with van der Waals surface area (Å²) >= 11 is 0. The van der Waals surface area contributed by atoms with Crippen molar-refractivity contribution in [1.29, 1.82) is 0 Å². The zero-order chi connectivity index (χ0) is 25.2. The topological polar surface area (TPSA) is 164 Å². The molecule has 0 saturated carbocycles. The molecule has 1 rings (SSSR count). The lowest BCUT2D eigenvalue weighted by molar-refractivity contribution is -0.131. The van der Waals surface area contributed by atoms with E-state index >= 15 is 0 Å². The van der Waals surface area contributed by atoms with Crippen LogP contribution >= 0.6 is 0 Å². The van der Waals surface area contributed by atoms with E-state index in [4.69, 9.17) is 11.2 Å². The fraction of sp³-hybridized carbons (Fsp3) is 0.409. The largest absolute Gasteiger partial charge is 0.453 e. The maximum absolute atomic E-state index is 12.6. The van der Waals surface area contributed by atoms with E-state index in [1.165, 1.54) is 0 Å². The van der Waals surface area contributed by atoms with Gasteiger partial charge in [-0.05, 0) is 5.56 Å². The van der Waals surface area contributed by atoms with E-state index in [1.54, 1.807) is 24.3 Å². The molecule has 12 nitrogen and oxygen atoms in total. The Balaban J connectivity index is 2.56. The second-order valence-electron chi connectivity index (χ2n) is 6.76. The molecule has 5 amide bonds. The average molecular weight is 476 g/mol. The highest BCUT2D eigenvalue weighted by Crippen LogP contribution is 2.03. The Morgan fingerprint density at radius 3 is 2.24 bits per heavy atom. The highest BCUT2D eigenvalue weighted by atomic mass is 16.5. The minimum absolute atomic E-state index is 0.0505. The second-order valence-corrected chi connectivity index (χ2v) is 6.76. The number of benzene rings is 1. The van der Waals surface area contributed by atoms with E-state index in [9.17, 15) is 24.0 Å². The molecule has 0 heterocycles. The molecule has 1 atom stereocenters. The van der Waals surface area contributed by atoms with Crippen LogP contribution in [-0.2, 0) is 35.1 Å². The summed E-state index contributed by atoms with van der Waals surface area (Å²) in [6, 6.07) is 7.95. The molecular weight excluding hydrogens is 446 g/mol. The summed E-state index contributed by atoms with van der Waals surface area (Å²) in [4.78, 5) is 59.5. The van der Waals surface area contributed by atoms with Gasteiger partial charge in [0.15, 0.2) is 0 Å². The molecule has 0 aliphatic carbocycles. The van der Waals surface area contributed by atoms with Crippen molar-refractivity contribution in [3.8, 4) is 12.3 Å². The maximum atomic E-state index is 12.6. The van der Waals surface area contributed by atoms with Gasteiger partial charge in [0, 0.05) is 12.8 Å². The van der Waals surface area contributed by atoms with Crippen LogP contribution < -0.4 is 26.6 Å². The maximum Gasteiger partial charge on any atom is 0.407 e. The first-order valence-corrected chi connectivity index (χ1v) is 10.3. The molecule has 12 heteroatoms. The molecule has 0 spiro atoms. The van der Waals surface area contributed by atoms with Crippen LogP contribution in [0.15, 0.2) is 30.3 Å². The molecule has 0 aliphatic heterocycles. The SMILES string of the molecule is C#CCCOCNC(=O)CNC(=O)[C@H](Cc1ccccc1)NC(=O)CNC(=O)CNC(=O)OC. The van der Waals surface area contributed by atoms with Gasteiger partial charge < -0.3 is 36.1 Å². The summed E-state index contributed by atoms with van der Waals surface area (Å²) in [5.74, 6) is 0.0814. The fourth-order valence-electron chi connectivity index (χ4n) is 2.46. The second kappa shape index (κ2) is 16.5. The van der Waals surface area contributed by atoms with Crippen molar-refractivity contribution in [2.75, 3.05) is 40.1 Å². The fourth-order valence-corrected chi connectivity index (χ4v) is 2.46. The average Bonchev–Trinajstić information content (AvgIpc) is 2.84. The van der Waals surface area contributed by atoms with Gasteiger partial charge in [-0.1, -0.05) is 30.3 Å². The first kappa shape index (κ1) is 27.9. The van der Waals surface area contributed by atoms with Gasteiger partial charge in [0.2, 0.25) is 23.6 Å². The molecular formula is C22H29N5O7. The number of ether oxygens (including phenoxy) is 2. The van der Waals surface area contributed by atoms with Crippen LogP contribution in [0.2, 0.25) is 0 Å². The van der Waals surface area contributed by atoms with E-state index in [2.05, 4.69) is 37.2 Å². The zero-order valence-electron chi connectivity index (χ0n) is 18.8. The molecule has 1 aromatic rings. The molecule has 0 fully saturated rings. The number of amides is 5. The molecule has 0 bridgehead atoms. The van der Waals surface area contributed by atoms with Crippen LogP contribution in [-0.4, -0.2) is 75.8 Å². The summed E-state index contributed by atoms with van der Waals surface area (Å²) < 4.78 is 9.45. The van der Waals surface area contributed by atoms with Crippen LogP contribution in [0.3, 0.4) is 0 Å². The quantitative estimate of drug-likeness (QED) is 0.123. The first-order valence-electron chi connectivity index (χ1n) is 10.3. The lowest BCUT2D eigenvalue weighted by Gasteiger charge is -2.19. The van der Waals surface area contributed by atoms with Crippen LogP contribution in [0.1, 0.15) is 12.0 Å². The highest BCUT2D eigenvalue weighted by Gasteiger charge is 2.22. The van der Waals surface area contributed by atoms with E-state index in [0.717, 1.165) is 12.7 Å². The Hall–Kier alpha value is -4.11. The summed E-state index contributed by atoms with van der Waals surface area (Å²) in [7, 11) is 1.15. The molecule has 184 valence electrons. The minimum Gasteiger partial charge on any atom is -0.453 e. The zero-order valence-corrected chi connectivity index (χ0v) is 18.8. The Kier molecular flexibility index (Phi) is 13.6. The van der Waals surface area contributed by atoms with Gasteiger partial charge in [0.25, 0.3) is 0 Å². The molecule has 34 heavy (non-hydrogen) atoms. The van der Waals surface area contributed by atoms with Gasteiger partial charge in [-0.25, -0.2) is 4.79 Å². The number of hydrogen-bond donors (Lipinski definition) is 5. The summed E-state index contributed by atoms with van der Waals surface area (Å²) in [5, 5.41) is 12.0. The number of nitrogens with one attached hydrogen (secondary N) is 5. The van der Waals surface area contributed by atoms with Crippen LogP contribution in [0, 0.1) is 12.3 Å². The number of methoxy groups -OCH3 is 1. The van der Waals surface area contributed by atoms with E-state index in [-0.39, 0.29) is 26.2 Å². The molecule has 0 radical (unpaired) electrons. The van der Waals surface area contributed by atoms with Gasteiger partial charge in [0.1, 0.15) is 19.3 Å². The van der Waals surface area contributed by atoms with Gasteiger partial charge in [-0.15, -0.1) is 12.3 Å². The molecule has 0 aromatic heterocycles. The Labute approximate surface area is 197 Å². The van der Waals surface area contributed by atoms with Gasteiger partial charge >= 0.3 is 6.09 Å². The predicted octanol–water partition coefficient (Wildman–Crippen LogP) is -1.58. The third-order valence-electron chi connectivity index (χ3n) is 4.14. The van der Waals surface area contributed by atoms with Gasteiger partial charge in [-0.3, -0.25) is 19.2 Å². The number of rotatable bonds is 14. The third kappa shape index (κ3) is 12.7. The van der Waals surface area contributed by atoms with Crippen molar-refractivity contribution in [2.24, 2.45) is 0 Å². The summed E-state index contributed by atoms with van der Waals surface area (Å²) in [5.41, 5.74) is 0.778. The van der Waals surface area contributed by atoms with Crippen LogP contribution in [0.4, 0.5) is 4.79 Å².